The van der Waals surface area contributed by atoms with Gasteiger partial charge in [0.1, 0.15) is 0 Å². The number of amidine groups is 1. The molecule has 1 saturated carbocycles. The van der Waals surface area contributed by atoms with Crippen molar-refractivity contribution < 1.29 is 0 Å². The maximum Gasteiger partial charge on any atom is 0.157 e. The average Bonchev–Trinajstić information content (AvgIpc) is 2.37. The monoisotopic (exact) mass is 282 g/mol. The van der Waals surface area contributed by atoms with Crippen molar-refractivity contribution in [3.63, 3.8) is 0 Å². The van der Waals surface area contributed by atoms with Crippen molar-refractivity contribution in [2.75, 3.05) is 5.75 Å². The molecule has 2 nitrogen and oxygen atoms in total. The minimum absolute atomic E-state index is 0.440. The molecule has 3 atom stereocenters. The first-order chi connectivity index (χ1) is 9.08. The topological polar surface area (TPSA) is 24.4 Å². The van der Waals surface area contributed by atoms with Crippen LogP contribution in [0.15, 0.2) is 17.6 Å². The van der Waals surface area contributed by atoms with E-state index in [0.717, 1.165) is 16.8 Å². The molecule has 0 radical (unpaired) electrons. The van der Waals surface area contributed by atoms with E-state index in [4.69, 9.17) is 4.99 Å². The Bertz CT molecular complexity index is 299. The fourth-order valence-corrected chi connectivity index (χ4v) is 3.61. The molecule has 19 heavy (non-hydrogen) atoms. The van der Waals surface area contributed by atoms with Gasteiger partial charge in [0.05, 0.1) is 6.04 Å². The van der Waals surface area contributed by atoms with Gasteiger partial charge in [0, 0.05) is 11.8 Å². The zero-order valence-electron chi connectivity index (χ0n) is 13.0. The van der Waals surface area contributed by atoms with E-state index in [9.17, 15) is 0 Å². The van der Waals surface area contributed by atoms with E-state index in [2.05, 4.69) is 39.6 Å². The summed E-state index contributed by atoms with van der Waals surface area (Å²) < 4.78 is 0. The number of rotatable bonds is 5. The highest BCUT2D eigenvalue weighted by Crippen LogP contribution is 2.34. The lowest BCUT2D eigenvalue weighted by molar-refractivity contribution is 0.231. The van der Waals surface area contributed by atoms with E-state index < -0.39 is 0 Å². The van der Waals surface area contributed by atoms with Crippen LogP contribution in [0.5, 0.6) is 0 Å². The van der Waals surface area contributed by atoms with Crippen LogP contribution in [-0.2, 0) is 0 Å². The largest absolute Gasteiger partial charge is 0.363 e. The Kier molecular flexibility index (Phi) is 7.59. The van der Waals surface area contributed by atoms with E-state index in [1.807, 2.05) is 6.08 Å². The number of thioether (sulfide) groups is 1. The second-order valence-electron chi connectivity index (χ2n) is 5.90. The molecular weight excluding hydrogens is 252 g/mol. The molecule has 1 aliphatic carbocycles. The standard InChI is InChI=1S/C16H30N2S/c1-6-11-19-16(17-12(3)4)18-15-13(5)9-8-10-14(15)7-2/h6,12-15H,1,7-11H2,2-5H3,(H,17,18). The third-order valence-electron chi connectivity index (χ3n) is 3.84. The van der Waals surface area contributed by atoms with Crippen LogP contribution in [0.2, 0.25) is 0 Å². The zero-order valence-corrected chi connectivity index (χ0v) is 13.8. The Morgan fingerprint density at radius 1 is 1.47 bits per heavy atom. The van der Waals surface area contributed by atoms with Gasteiger partial charge in [-0.1, -0.05) is 44.5 Å². The summed E-state index contributed by atoms with van der Waals surface area (Å²) in [5, 5.41) is 4.60. The molecule has 0 bridgehead atoms. The summed E-state index contributed by atoms with van der Waals surface area (Å²) >= 11 is 1.78. The lowest BCUT2D eigenvalue weighted by Crippen LogP contribution is -2.35. The van der Waals surface area contributed by atoms with E-state index in [-0.39, 0.29) is 0 Å². The minimum Gasteiger partial charge on any atom is -0.363 e. The summed E-state index contributed by atoms with van der Waals surface area (Å²) in [4.78, 5) is 5.07. The first-order valence-corrected chi connectivity index (χ1v) is 8.65. The Balaban J connectivity index is 2.79. The van der Waals surface area contributed by atoms with Crippen molar-refractivity contribution in [3.05, 3.63) is 12.7 Å². The van der Waals surface area contributed by atoms with Gasteiger partial charge in [-0.15, -0.1) is 6.58 Å². The minimum atomic E-state index is 0.440. The molecule has 0 spiro atoms. The van der Waals surface area contributed by atoms with Gasteiger partial charge in [0.2, 0.25) is 0 Å². The van der Waals surface area contributed by atoms with Crippen molar-refractivity contribution in [1.29, 1.82) is 0 Å². The molecule has 0 saturated heterocycles. The summed E-state index contributed by atoms with van der Waals surface area (Å²) in [5.74, 6) is 2.40. The maximum absolute atomic E-state index is 5.07. The molecule has 1 aliphatic rings. The molecule has 1 N–H and O–H groups in total. The SMILES string of the molecule is C=CCSC(=NC1C(C)CCCC1CC)NC(C)C. The van der Waals surface area contributed by atoms with E-state index in [1.165, 1.54) is 25.7 Å². The van der Waals surface area contributed by atoms with Gasteiger partial charge >= 0.3 is 0 Å². The number of nitrogens with zero attached hydrogens (tertiary/aromatic N) is 1. The molecule has 110 valence electrons. The van der Waals surface area contributed by atoms with Crippen LogP contribution in [0.3, 0.4) is 0 Å². The van der Waals surface area contributed by atoms with Gasteiger partial charge in [-0.2, -0.15) is 0 Å². The third-order valence-corrected chi connectivity index (χ3v) is 4.74. The van der Waals surface area contributed by atoms with Crippen molar-refractivity contribution in [2.24, 2.45) is 16.8 Å². The molecule has 0 aromatic rings. The fourth-order valence-electron chi connectivity index (χ4n) is 2.82. The van der Waals surface area contributed by atoms with Crippen molar-refractivity contribution in [2.45, 2.75) is 65.5 Å². The van der Waals surface area contributed by atoms with Crippen molar-refractivity contribution in [1.82, 2.24) is 5.32 Å². The normalized spacial score (nSPS) is 28.5. The summed E-state index contributed by atoms with van der Waals surface area (Å²) in [6.45, 7) is 12.8. The van der Waals surface area contributed by atoms with Crippen LogP contribution in [0.4, 0.5) is 0 Å². The van der Waals surface area contributed by atoms with Gasteiger partial charge < -0.3 is 5.32 Å². The first kappa shape index (κ1) is 16.6. The van der Waals surface area contributed by atoms with Crippen LogP contribution >= 0.6 is 11.8 Å². The van der Waals surface area contributed by atoms with Crippen LogP contribution in [-0.4, -0.2) is 23.0 Å². The second kappa shape index (κ2) is 8.68. The van der Waals surface area contributed by atoms with Gasteiger partial charge in [-0.25, -0.2) is 0 Å². The smallest absolute Gasteiger partial charge is 0.157 e. The molecule has 1 fully saturated rings. The highest BCUT2D eigenvalue weighted by molar-refractivity contribution is 8.13. The first-order valence-electron chi connectivity index (χ1n) is 7.66. The van der Waals surface area contributed by atoms with Gasteiger partial charge in [0.15, 0.2) is 5.17 Å². The third kappa shape index (κ3) is 5.60. The van der Waals surface area contributed by atoms with Crippen molar-refractivity contribution >= 4 is 16.9 Å². The lowest BCUT2D eigenvalue weighted by atomic mass is 9.77. The van der Waals surface area contributed by atoms with E-state index >= 15 is 0 Å². The molecule has 0 heterocycles. The van der Waals surface area contributed by atoms with Crippen LogP contribution in [0.25, 0.3) is 0 Å². The van der Waals surface area contributed by atoms with Gasteiger partial charge in [-0.05, 0) is 38.5 Å². The summed E-state index contributed by atoms with van der Waals surface area (Å²) in [7, 11) is 0. The molecule has 0 aromatic heterocycles. The molecular formula is C16H30N2S. The molecule has 0 aromatic carbocycles. The Labute approximate surface area is 123 Å². The molecule has 1 rings (SSSR count). The highest BCUT2D eigenvalue weighted by Gasteiger charge is 2.29. The summed E-state index contributed by atoms with van der Waals surface area (Å²) in [5.41, 5.74) is 0. The Morgan fingerprint density at radius 2 is 2.21 bits per heavy atom. The molecule has 0 aliphatic heterocycles. The quantitative estimate of drug-likeness (QED) is 0.457. The van der Waals surface area contributed by atoms with Crippen LogP contribution in [0.1, 0.15) is 53.4 Å². The molecule has 0 amide bonds. The summed E-state index contributed by atoms with van der Waals surface area (Å²) in [6, 6.07) is 0.937. The lowest BCUT2D eigenvalue weighted by Gasteiger charge is -2.34. The molecule has 3 heteroatoms. The Morgan fingerprint density at radius 3 is 2.79 bits per heavy atom. The van der Waals surface area contributed by atoms with Crippen LogP contribution in [0, 0.1) is 11.8 Å². The zero-order chi connectivity index (χ0) is 14.3. The van der Waals surface area contributed by atoms with E-state index in [1.54, 1.807) is 11.8 Å². The van der Waals surface area contributed by atoms with Gasteiger partial charge in [-0.3, -0.25) is 4.99 Å². The predicted octanol–water partition coefficient (Wildman–Crippen LogP) is 4.47. The van der Waals surface area contributed by atoms with Gasteiger partial charge in [0.25, 0.3) is 0 Å². The highest BCUT2D eigenvalue weighted by atomic mass is 32.2. The average molecular weight is 282 g/mol. The second-order valence-corrected chi connectivity index (χ2v) is 6.91. The summed E-state index contributed by atoms with van der Waals surface area (Å²) in [6.07, 6.45) is 7.24. The van der Waals surface area contributed by atoms with Crippen molar-refractivity contribution in [3.8, 4) is 0 Å². The Hall–Kier alpha value is -0.440. The number of nitrogens with one attached hydrogen (secondary N) is 1. The molecule has 3 unspecified atom stereocenters. The number of hydrogen-bond acceptors (Lipinski definition) is 2. The van der Waals surface area contributed by atoms with Crippen LogP contribution < -0.4 is 5.32 Å². The maximum atomic E-state index is 5.07. The number of hydrogen-bond donors (Lipinski definition) is 1. The van der Waals surface area contributed by atoms with E-state index in [0.29, 0.717) is 18.0 Å². The predicted molar refractivity (Wildman–Crippen MR) is 88.9 cm³/mol. The fraction of sp³-hybridized carbons (Fsp3) is 0.812. The number of aliphatic imine (C=N–C) groups is 1.